The van der Waals surface area contributed by atoms with Crippen molar-refractivity contribution in [2.75, 3.05) is 0 Å². The maximum Gasteiger partial charge on any atom is 0.259 e. The summed E-state index contributed by atoms with van der Waals surface area (Å²) in [5.74, 6) is 0. The Bertz CT molecular complexity index is 531. The molecule has 0 amide bonds. The minimum atomic E-state index is -2.43. The molecule has 0 aliphatic carbocycles. The Morgan fingerprint density at radius 2 is 1.33 bits per heavy atom. The first-order valence-corrected chi connectivity index (χ1v) is 11.3. The Labute approximate surface area is 147 Å². The first-order chi connectivity index (χ1) is 11.7. The largest absolute Gasteiger partial charge is 0.383 e. The van der Waals surface area contributed by atoms with E-state index in [1.165, 1.54) is 10.4 Å². The van der Waals surface area contributed by atoms with E-state index in [1.807, 2.05) is 12.1 Å². The molecule has 0 saturated heterocycles. The number of aliphatic hydroxyl groups excluding tert-OH is 1. The van der Waals surface area contributed by atoms with Gasteiger partial charge in [0.15, 0.2) is 0 Å². The molecule has 0 saturated carbocycles. The molecule has 2 aromatic carbocycles. The van der Waals surface area contributed by atoms with Gasteiger partial charge in [-0.3, -0.25) is 0 Å². The van der Waals surface area contributed by atoms with Crippen LogP contribution in [-0.2, 0) is 4.43 Å². The molecular weight excluding hydrogens is 312 g/mol. The second-order valence-corrected chi connectivity index (χ2v) is 9.92. The predicted molar refractivity (Wildman–Crippen MR) is 104 cm³/mol. The van der Waals surface area contributed by atoms with Crippen LogP contribution in [0, 0.1) is 0 Å². The summed E-state index contributed by atoms with van der Waals surface area (Å²) in [6.07, 6.45) is 4.31. The van der Waals surface area contributed by atoms with Crippen molar-refractivity contribution in [3.8, 4) is 0 Å². The van der Waals surface area contributed by atoms with E-state index >= 15 is 0 Å². The Balaban J connectivity index is 2.43. The molecule has 1 atom stereocenters. The zero-order valence-electron chi connectivity index (χ0n) is 14.9. The molecule has 0 aliphatic rings. The highest BCUT2D eigenvalue weighted by Crippen LogP contribution is 2.20. The standard InChI is InChI=1S/C21H30O2Si/c1-3-5-17-21(22)23-24(18-6-4-2,19-13-9-7-10-14-19)20-15-11-8-12-16-20/h7-16,21-22H,3-6,17-18H2,1-2H3. The van der Waals surface area contributed by atoms with E-state index < -0.39 is 14.6 Å². The van der Waals surface area contributed by atoms with Crippen molar-refractivity contribution < 1.29 is 9.53 Å². The fourth-order valence-electron chi connectivity index (χ4n) is 3.16. The van der Waals surface area contributed by atoms with E-state index in [9.17, 15) is 5.11 Å². The van der Waals surface area contributed by atoms with E-state index in [-0.39, 0.29) is 0 Å². The van der Waals surface area contributed by atoms with Crippen molar-refractivity contribution >= 4 is 18.7 Å². The molecule has 0 bridgehead atoms. The molecule has 2 nitrogen and oxygen atoms in total. The first kappa shape index (κ1) is 18.9. The monoisotopic (exact) mass is 342 g/mol. The van der Waals surface area contributed by atoms with Crippen molar-refractivity contribution in [2.24, 2.45) is 0 Å². The lowest BCUT2D eigenvalue weighted by Crippen LogP contribution is -2.62. The smallest absolute Gasteiger partial charge is 0.259 e. The summed E-state index contributed by atoms with van der Waals surface area (Å²) >= 11 is 0. The maximum absolute atomic E-state index is 10.6. The minimum absolute atomic E-state index is 0.686. The molecule has 0 spiro atoms. The summed E-state index contributed by atoms with van der Waals surface area (Å²) in [7, 11) is -2.43. The maximum atomic E-state index is 10.6. The predicted octanol–water partition coefficient (Wildman–Crippen LogP) is 4.07. The van der Waals surface area contributed by atoms with Crippen LogP contribution >= 0.6 is 0 Å². The highest BCUT2D eigenvalue weighted by Gasteiger charge is 2.40. The highest BCUT2D eigenvalue weighted by molar-refractivity contribution is 6.97. The van der Waals surface area contributed by atoms with Crippen molar-refractivity contribution in [1.29, 1.82) is 0 Å². The van der Waals surface area contributed by atoms with Gasteiger partial charge in [-0.15, -0.1) is 0 Å². The Kier molecular flexibility index (Phi) is 7.70. The van der Waals surface area contributed by atoms with E-state index in [1.54, 1.807) is 0 Å². The lowest BCUT2D eigenvalue weighted by atomic mass is 10.2. The topological polar surface area (TPSA) is 29.5 Å². The van der Waals surface area contributed by atoms with Gasteiger partial charge in [0.2, 0.25) is 0 Å². The molecule has 1 N–H and O–H groups in total. The molecule has 0 radical (unpaired) electrons. The van der Waals surface area contributed by atoms with E-state index in [0.29, 0.717) is 6.42 Å². The third-order valence-corrected chi connectivity index (χ3v) is 8.77. The number of aliphatic hydroxyl groups is 1. The summed E-state index contributed by atoms with van der Waals surface area (Å²) in [5, 5.41) is 13.1. The van der Waals surface area contributed by atoms with Crippen LogP contribution in [0.4, 0.5) is 0 Å². The van der Waals surface area contributed by atoms with Crippen LogP contribution in [0.15, 0.2) is 60.7 Å². The van der Waals surface area contributed by atoms with Gasteiger partial charge in [0.05, 0.1) is 0 Å². The van der Waals surface area contributed by atoms with Gasteiger partial charge in [-0.2, -0.15) is 0 Å². The van der Waals surface area contributed by atoms with Crippen LogP contribution in [0.5, 0.6) is 0 Å². The van der Waals surface area contributed by atoms with Gasteiger partial charge in [-0.05, 0) is 29.3 Å². The summed E-state index contributed by atoms with van der Waals surface area (Å²) in [4.78, 5) is 0. The number of rotatable bonds is 10. The fourth-order valence-corrected chi connectivity index (χ4v) is 7.36. The zero-order chi connectivity index (χ0) is 17.3. The number of benzene rings is 2. The molecule has 2 aromatic rings. The van der Waals surface area contributed by atoms with Gasteiger partial charge in [0.25, 0.3) is 8.32 Å². The number of hydrogen-bond acceptors (Lipinski definition) is 2. The van der Waals surface area contributed by atoms with Crippen LogP contribution in [0.2, 0.25) is 6.04 Å². The van der Waals surface area contributed by atoms with Crippen LogP contribution in [0.1, 0.15) is 46.0 Å². The van der Waals surface area contributed by atoms with E-state index in [2.05, 4.69) is 62.4 Å². The number of unbranched alkanes of at least 4 members (excludes halogenated alkanes) is 2. The van der Waals surface area contributed by atoms with Crippen LogP contribution in [-0.4, -0.2) is 19.7 Å². The summed E-state index contributed by atoms with van der Waals surface area (Å²) in [6.45, 7) is 4.35. The Morgan fingerprint density at radius 3 is 1.79 bits per heavy atom. The lowest BCUT2D eigenvalue weighted by Gasteiger charge is -2.34. The van der Waals surface area contributed by atoms with Crippen LogP contribution in [0.25, 0.3) is 0 Å². The van der Waals surface area contributed by atoms with Crippen LogP contribution < -0.4 is 10.4 Å². The van der Waals surface area contributed by atoms with Crippen molar-refractivity contribution in [2.45, 2.75) is 58.3 Å². The summed E-state index contributed by atoms with van der Waals surface area (Å²) in [5.41, 5.74) is 0. The normalized spacial score (nSPS) is 13.0. The summed E-state index contributed by atoms with van der Waals surface area (Å²) in [6, 6.07) is 22.1. The van der Waals surface area contributed by atoms with Crippen molar-refractivity contribution in [1.82, 2.24) is 0 Å². The molecule has 130 valence electrons. The second kappa shape index (κ2) is 9.77. The first-order valence-electron chi connectivity index (χ1n) is 9.20. The Morgan fingerprint density at radius 1 is 0.833 bits per heavy atom. The van der Waals surface area contributed by atoms with E-state index in [4.69, 9.17) is 4.43 Å². The molecule has 2 rings (SSSR count). The van der Waals surface area contributed by atoms with Gasteiger partial charge in [0.1, 0.15) is 6.29 Å². The third-order valence-electron chi connectivity index (χ3n) is 4.50. The van der Waals surface area contributed by atoms with Gasteiger partial charge >= 0.3 is 0 Å². The average molecular weight is 343 g/mol. The molecule has 0 aliphatic heterocycles. The quantitative estimate of drug-likeness (QED) is 0.521. The van der Waals surface area contributed by atoms with E-state index in [0.717, 1.165) is 31.7 Å². The van der Waals surface area contributed by atoms with Crippen molar-refractivity contribution in [3.63, 3.8) is 0 Å². The zero-order valence-corrected chi connectivity index (χ0v) is 15.9. The second-order valence-electron chi connectivity index (χ2n) is 6.38. The highest BCUT2D eigenvalue weighted by atomic mass is 28.4. The molecule has 0 aromatic heterocycles. The van der Waals surface area contributed by atoms with Gasteiger partial charge in [0, 0.05) is 0 Å². The minimum Gasteiger partial charge on any atom is -0.383 e. The van der Waals surface area contributed by atoms with Gasteiger partial charge in [-0.1, -0.05) is 93.8 Å². The molecule has 3 heteroatoms. The summed E-state index contributed by atoms with van der Waals surface area (Å²) < 4.78 is 6.51. The lowest BCUT2D eigenvalue weighted by molar-refractivity contribution is -0.0293. The molecule has 0 heterocycles. The molecule has 24 heavy (non-hydrogen) atoms. The van der Waals surface area contributed by atoms with Gasteiger partial charge < -0.3 is 9.53 Å². The number of hydrogen-bond donors (Lipinski definition) is 1. The molecule has 0 fully saturated rings. The third kappa shape index (κ3) is 4.79. The van der Waals surface area contributed by atoms with Crippen LogP contribution in [0.3, 0.4) is 0 Å². The van der Waals surface area contributed by atoms with Gasteiger partial charge in [-0.25, -0.2) is 0 Å². The SMILES string of the molecule is CCCCC(O)O[Si](CCCC)(c1ccccc1)c1ccccc1. The van der Waals surface area contributed by atoms with Crippen molar-refractivity contribution in [3.05, 3.63) is 60.7 Å². The average Bonchev–Trinajstić information content (AvgIpc) is 2.65. The fraction of sp³-hybridized carbons (Fsp3) is 0.429. The Hall–Kier alpha value is -1.42. The molecular formula is C21H30O2Si. The molecule has 1 unspecified atom stereocenters.